The lowest BCUT2D eigenvalue weighted by Crippen LogP contribution is -2.26. The fourth-order valence-corrected chi connectivity index (χ4v) is 3.43. The van der Waals surface area contributed by atoms with Gasteiger partial charge < -0.3 is 23.7 Å². The molecule has 0 fully saturated rings. The van der Waals surface area contributed by atoms with E-state index < -0.39 is 12.1 Å². The van der Waals surface area contributed by atoms with Crippen molar-refractivity contribution in [1.82, 2.24) is 4.98 Å². The number of benzene rings is 2. The number of rotatable bonds is 11. The zero-order valence-electron chi connectivity index (χ0n) is 19.1. The van der Waals surface area contributed by atoms with Crippen LogP contribution in [0.3, 0.4) is 0 Å². The highest BCUT2D eigenvalue weighted by molar-refractivity contribution is 6.31. The third-order valence-corrected chi connectivity index (χ3v) is 5.17. The SMILES string of the molecule is CCOC(Cc1ccc(OCc2nc(-c3ccc(OC(C)C)cc3)oc2C)cc1Cl)C(=O)O. The average Bonchev–Trinajstić information content (AvgIpc) is 3.14. The van der Waals surface area contributed by atoms with Gasteiger partial charge in [0.1, 0.15) is 29.6 Å². The van der Waals surface area contributed by atoms with Gasteiger partial charge in [-0.15, -0.1) is 0 Å². The van der Waals surface area contributed by atoms with Gasteiger partial charge in [-0.25, -0.2) is 9.78 Å². The van der Waals surface area contributed by atoms with Gasteiger partial charge >= 0.3 is 5.97 Å². The molecule has 2 aromatic carbocycles. The maximum absolute atomic E-state index is 11.3. The number of carbonyl (C=O) groups is 1. The second-order valence-electron chi connectivity index (χ2n) is 7.74. The highest BCUT2D eigenvalue weighted by Crippen LogP contribution is 2.27. The van der Waals surface area contributed by atoms with Crippen molar-refractivity contribution in [3.8, 4) is 23.0 Å². The van der Waals surface area contributed by atoms with Crippen molar-refractivity contribution < 1.29 is 28.5 Å². The van der Waals surface area contributed by atoms with Gasteiger partial charge in [-0.3, -0.25) is 0 Å². The molecule has 0 spiro atoms. The Kier molecular flexibility index (Phi) is 8.36. The predicted octanol–water partition coefficient (Wildman–Crippen LogP) is 5.70. The molecule has 0 amide bonds. The number of ether oxygens (including phenoxy) is 3. The van der Waals surface area contributed by atoms with Crippen molar-refractivity contribution >= 4 is 17.6 Å². The minimum Gasteiger partial charge on any atom is -0.491 e. The van der Waals surface area contributed by atoms with Crippen LogP contribution in [0, 0.1) is 6.92 Å². The van der Waals surface area contributed by atoms with Crippen LogP contribution in [0.15, 0.2) is 46.9 Å². The molecule has 0 radical (unpaired) electrons. The second-order valence-corrected chi connectivity index (χ2v) is 8.15. The molecule has 1 heterocycles. The molecule has 176 valence electrons. The van der Waals surface area contributed by atoms with Crippen LogP contribution in [0.2, 0.25) is 5.02 Å². The summed E-state index contributed by atoms with van der Waals surface area (Å²) in [7, 11) is 0. The van der Waals surface area contributed by atoms with Gasteiger partial charge in [0.15, 0.2) is 6.10 Å². The van der Waals surface area contributed by atoms with E-state index in [1.807, 2.05) is 45.0 Å². The molecule has 1 aromatic heterocycles. The minimum absolute atomic E-state index is 0.106. The van der Waals surface area contributed by atoms with Crippen LogP contribution in [0.1, 0.15) is 37.8 Å². The normalized spacial score (nSPS) is 12.1. The van der Waals surface area contributed by atoms with E-state index >= 15 is 0 Å². The molecule has 1 atom stereocenters. The number of hydrogen-bond donors (Lipinski definition) is 1. The molecule has 1 N–H and O–H groups in total. The predicted molar refractivity (Wildman–Crippen MR) is 125 cm³/mol. The minimum atomic E-state index is -1.02. The highest BCUT2D eigenvalue weighted by Gasteiger charge is 2.20. The highest BCUT2D eigenvalue weighted by atomic mass is 35.5. The molecule has 3 rings (SSSR count). The Morgan fingerprint density at radius 2 is 1.85 bits per heavy atom. The third-order valence-electron chi connectivity index (χ3n) is 4.81. The summed E-state index contributed by atoms with van der Waals surface area (Å²) in [6.45, 7) is 8.06. The number of carboxylic acids is 1. The number of oxazole rings is 1. The number of hydrogen-bond acceptors (Lipinski definition) is 6. The lowest BCUT2D eigenvalue weighted by Gasteiger charge is -2.14. The Bertz CT molecular complexity index is 1080. The first kappa shape index (κ1) is 24.6. The van der Waals surface area contributed by atoms with Crippen molar-refractivity contribution in [2.45, 2.75) is 52.9 Å². The summed E-state index contributed by atoms with van der Waals surface area (Å²) in [6.07, 6.45) is -0.661. The quantitative estimate of drug-likeness (QED) is 0.381. The Morgan fingerprint density at radius 3 is 2.45 bits per heavy atom. The van der Waals surface area contributed by atoms with Crippen molar-refractivity contribution in [3.63, 3.8) is 0 Å². The molecular weight excluding hydrogens is 446 g/mol. The van der Waals surface area contributed by atoms with Crippen LogP contribution in [0.25, 0.3) is 11.5 Å². The zero-order valence-corrected chi connectivity index (χ0v) is 19.9. The smallest absolute Gasteiger partial charge is 0.333 e. The average molecular weight is 474 g/mol. The van der Waals surface area contributed by atoms with E-state index in [0.29, 0.717) is 40.3 Å². The molecule has 0 bridgehead atoms. The Labute approximate surface area is 198 Å². The number of aliphatic carboxylic acids is 1. The summed E-state index contributed by atoms with van der Waals surface area (Å²) in [5.41, 5.74) is 2.19. The van der Waals surface area contributed by atoms with E-state index in [1.54, 1.807) is 25.1 Å². The van der Waals surface area contributed by atoms with Gasteiger partial charge in [0.2, 0.25) is 5.89 Å². The topological polar surface area (TPSA) is 91.0 Å². The van der Waals surface area contributed by atoms with Crippen molar-refractivity contribution in [1.29, 1.82) is 0 Å². The molecule has 0 aliphatic carbocycles. The Hall–Kier alpha value is -3.03. The van der Waals surface area contributed by atoms with Crippen LogP contribution < -0.4 is 9.47 Å². The maximum atomic E-state index is 11.3. The number of halogens is 1. The van der Waals surface area contributed by atoms with E-state index in [2.05, 4.69) is 4.98 Å². The molecule has 0 aliphatic heterocycles. The van der Waals surface area contributed by atoms with Crippen LogP contribution >= 0.6 is 11.6 Å². The van der Waals surface area contributed by atoms with Crippen LogP contribution in [0.4, 0.5) is 0 Å². The van der Waals surface area contributed by atoms with Gasteiger partial charge in [0, 0.05) is 23.6 Å². The maximum Gasteiger partial charge on any atom is 0.333 e. The fourth-order valence-electron chi connectivity index (χ4n) is 3.19. The molecule has 1 unspecified atom stereocenters. The first-order chi connectivity index (χ1) is 15.8. The zero-order chi connectivity index (χ0) is 24.0. The van der Waals surface area contributed by atoms with Gasteiger partial charge in [0.25, 0.3) is 0 Å². The van der Waals surface area contributed by atoms with E-state index in [1.165, 1.54) is 0 Å². The van der Waals surface area contributed by atoms with Crippen molar-refractivity contribution in [2.24, 2.45) is 0 Å². The largest absolute Gasteiger partial charge is 0.491 e. The molecule has 33 heavy (non-hydrogen) atoms. The summed E-state index contributed by atoms with van der Waals surface area (Å²) >= 11 is 6.35. The second kappa shape index (κ2) is 11.2. The van der Waals surface area contributed by atoms with Gasteiger partial charge in [-0.05, 0) is 69.7 Å². The third kappa shape index (κ3) is 6.73. The summed E-state index contributed by atoms with van der Waals surface area (Å²) in [5.74, 6) is 1.48. The lowest BCUT2D eigenvalue weighted by atomic mass is 10.1. The van der Waals surface area contributed by atoms with E-state index in [0.717, 1.165) is 11.3 Å². The number of aryl methyl sites for hydroxylation is 1. The molecule has 0 saturated carbocycles. The molecule has 0 saturated heterocycles. The number of aromatic nitrogens is 1. The number of nitrogens with zero attached hydrogens (tertiary/aromatic N) is 1. The monoisotopic (exact) mass is 473 g/mol. The molecule has 8 heteroatoms. The molecule has 3 aromatic rings. The standard InChI is InChI=1S/C25H28ClNO6/c1-5-30-23(25(28)29)12-18-8-11-20(13-21(18)26)31-14-22-16(4)33-24(27-22)17-6-9-19(10-7-17)32-15(2)3/h6-11,13,15,23H,5,12,14H2,1-4H3,(H,28,29). The number of carboxylic acid groups (broad SMARTS) is 1. The van der Waals surface area contributed by atoms with E-state index in [-0.39, 0.29) is 19.1 Å². The first-order valence-electron chi connectivity index (χ1n) is 10.8. The van der Waals surface area contributed by atoms with Gasteiger partial charge in [-0.2, -0.15) is 0 Å². The molecule has 0 aliphatic rings. The van der Waals surface area contributed by atoms with Crippen LogP contribution in [0.5, 0.6) is 11.5 Å². The molecular formula is C25H28ClNO6. The summed E-state index contributed by atoms with van der Waals surface area (Å²) < 4.78 is 22.6. The lowest BCUT2D eigenvalue weighted by molar-refractivity contribution is -0.149. The first-order valence-corrected chi connectivity index (χ1v) is 11.1. The summed E-state index contributed by atoms with van der Waals surface area (Å²) in [5, 5.41) is 9.68. The van der Waals surface area contributed by atoms with Gasteiger partial charge in [0.05, 0.1) is 6.10 Å². The van der Waals surface area contributed by atoms with Gasteiger partial charge in [-0.1, -0.05) is 17.7 Å². The van der Waals surface area contributed by atoms with Crippen molar-refractivity contribution in [3.05, 3.63) is 64.5 Å². The van der Waals surface area contributed by atoms with Crippen LogP contribution in [-0.4, -0.2) is 34.9 Å². The Balaban J connectivity index is 1.65. The molecule has 7 nitrogen and oxygen atoms in total. The van der Waals surface area contributed by atoms with Crippen LogP contribution in [-0.2, 0) is 22.6 Å². The fraction of sp³-hybridized carbons (Fsp3) is 0.360. The van der Waals surface area contributed by atoms with Crippen molar-refractivity contribution in [2.75, 3.05) is 6.61 Å². The summed E-state index contributed by atoms with van der Waals surface area (Å²) in [6, 6.07) is 12.7. The van der Waals surface area contributed by atoms with E-state index in [9.17, 15) is 9.90 Å². The van der Waals surface area contributed by atoms with E-state index in [4.69, 9.17) is 30.2 Å². The Morgan fingerprint density at radius 1 is 1.15 bits per heavy atom. The summed E-state index contributed by atoms with van der Waals surface area (Å²) in [4.78, 5) is 15.9.